The molecule has 1 amide bonds. The quantitative estimate of drug-likeness (QED) is 0.243. The number of hydrogen-bond acceptors (Lipinski definition) is 6. The fourth-order valence-corrected chi connectivity index (χ4v) is 3.73. The molecule has 3 aromatic rings. The molecule has 0 radical (unpaired) electrons. The van der Waals surface area contributed by atoms with E-state index in [0.29, 0.717) is 40.7 Å². The first kappa shape index (κ1) is 24.4. The van der Waals surface area contributed by atoms with E-state index in [2.05, 4.69) is 11.9 Å². The minimum Gasteiger partial charge on any atom is -0.493 e. The third-order valence-corrected chi connectivity index (χ3v) is 5.54. The van der Waals surface area contributed by atoms with E-state index in [0.717, 1.165) is 16.7 Å². The Morgan fingerprint density at radius 2 is 1.92 bits per heavy atom. The lowest BCUT2D eigenvalue weighted by molar-refractivity contribution is -0.112. The molecule has 0 aliphatic carbocycles. The highest BCUT2D eigenvalue weighted by Gasteiger charge is 2.17. The molecular weight excluding hydrogens is 456 g/mol. The zero-order valence-electron chi connectivity index (χ0n) is 20.2. The second-order valence-corrected chi connectivity index (χ2v) is 8.17. The van der Waals surface area contributed by atoms with Crippen LogP contribution in [0.4, 0.5) is 5.69 Å². The molecular formula is C29H26N2O5. The number of methoxy groups -OCH3 is 1. The molecule has 4 rings (SSSR count). The number of allylic oxidation sites excluding steroid dienone is 1. The van der Waals surface area contributed by atoms with Crippen LogP contribution in [0.25, 0.3) is 6.08 Å². The second-order valence-electron chi connectivity index (χ2n) is 8.17. The second kappa shape index (κ2) is 11.2. The van der Waals surface area contributed by atoms with Crippen molar-refractivity contribution in [3.63, 3.8) is 0 Å². The predicted molar refractivity (Wildman–Crippen MR) is 137 cm³/mol. The van der Waals surface area contributed by atoms with Crippen molar-refractivity contribution < 1.29 is 23.7 Å². The fourth-order valence-electron chi connectivity index (χ4n) is 3.73. The van der Waals surface area contributed by atoms with E-state index in [9.17, 15) is 10.1 Å². The minimum absolute atomic E-state index is 0.0313. The van der Waals surface area contributed by atoms with Gasteiger partial charge in [0.25, 0.3) is 5.91 Å². The number of carbonyl (C=O) groups is 1. The molecule has 0 spiro atoms. The summed E-state index contributed by atoms with van der Waals surface area (Å²) >= 11 is 0. The molecule has 36 heavy (non-hydrogen) atoms. The van der Waals surface area contributed by atoms with E-state index in [1.54, 1.807) is 31.4 Å². The molecule has 1 aliphatic heterocycles. The van der Waals surface area contributed by atoms with E-state index in [1.165, 1.54) is 6.08 Å². The molecule has 1 aliphatic rings. The van der Waals surface area contributed by atoms with Gasteiger partial charge < -0.3 is 24.3 Å². The number of amides is 1. The number of rotatable bonds is 9. The standard InChI is InChI=1S/C29H26N2O5/c1-4-5-22-12-21(13-23(16-30)29(32)31-24-9-6-19(2)7-10-24)15-27(33-3)28(22)34-17-20-8-11-25-26(14-20)36-18-35-25/h4,6-15H,1,5,17-18H2,2-3H3,(H,31,32)/b23-13-. The lowest BCUT2D eigenvalue weighted by Gasteiger charge is -2.16. The zero-order valence-corrected chi connectivity index (χ0v) is 20.2. The van der Waals surface area contributed by atoms with Gasteiger partial charge in [0.2, 0.25) is 6.79 Å². The third-order valence-electron chi connectivity index (χ3n) is 5.54. The summed E-state index contributed by atoms with van der Waals surface area (Å²) in [5, 5.41) is 12.4. The number of nitrogens with one attached hydrogen (secondary N) is 1. The van der Waals surface area contributed by atoms with Gasteiger partial charge in [0.15, 0.2) is 23.0 Å². The summed E-state index contributed by atoms with van der Waals surface area (Å²) in [6.45, 7) is 6.30. The lowest BCUT2D eigenvalue weighted by Crippen LogP contribution is -2.13. The van der Waals surface area contributed by atoms with Crippen molar-refractivity contribution in [2.45, 2.75) is 20.0 Å². The van der Waals surface area contributed by atoms with E-state index in [1.807, 2.05) is 49.4 Å². The molecule has 1 heterocycles. The average Bonchev–Trinajstić information content (AvgIpc) is 3.35. The van der Waals surface area contributed by atoms with Crippen LogP contribution in [-0.4, -0.2) is 19.8 Å². The number of benzene rings is 3. The molecule has 0 aromatic heterocycles. The molecule has 182 valence electrons. The predicted octanol–water partition coefficient (Wildman–Crippen LogP) is 5.59. The molecule has 0 fully saturated rings. The van der Waals surface area contributed by atoms with Crippen LogP contribution in [0.15, 0.2) is 72.8 Å². The molecule has 7 nitrogen and oxygen atoms in total. The van der Waals surface area contributed by atoms with Crippen LogP contribution < -0.4 is 24.3 Å². The van der Waals surface area contributed by atoms with Crippen LogP contribution in [0.5, 0.6) is 23.0 Å². The van der Waals surface area contributed by atoms with Crippen molar-refractivity contribution in [2.75, 3.05) is 19.2 Å². The Balaban J connectivity index is 1.58. The van der Waals surface area contributed by atoms with E-state index >= 15 is 0 Å². The van der Waals surface area contributed by atoms with Crippen molar-refractivity contribution >= 4 is 17.7 Å². The van der Waals surface area contributed by atoms with Gasteiger partial charge in [-0.25, -0.2) is 0 Å². The SMILES string of the molecule is C=CCc1cc(/C=C(/C#N)C(=O)Nc2ccc(C)cc2)cc(OC)c1OCc1ccc2c(c1)OCO2. The van der Waals surface area contributed by atoms with Crippen molar-refractivity contribution in [3.8, 4) is 29.1 Å². The summed E-state index contributed by atoms with van der Waals surface area (Å²) in [6, 6.07) is 18.6. The van der Waals surface area contributed by atoms with Gasteiger partial charge in [0.05, 0.1) is 7.11 Å². The highest BCUT2D eigenvalue weighted by Crippen LogP contribution is 2.36. The maximum atomic E-state index is 12.7. The van der Waals surface area contributed by atoms with Gasteiger partial charge >= 0.3 is 0 Å². The summed E-state index contributed by atoms with van der Waals surface area (Å²) in [7, 11) is 1.54. The van der Waals surface area contributed by atoms with Crippen LogP contribution in [0, 0.1) is 18.3 Å². The summed E-state index contributed by atoms with van der Waals surface area (Å²) < 4.78 is 22.6. The number of anilines is 1. The van der Waals surface area contributed by atoms with Crippen LogP contribution in [0.3, 0.4) is 0 Å². The Bertz CT molecular complexity index is 1350. The van der Waals surface area contributed by atoms with E-state index < -0.39 is 5.91 Å². The zero-order chi connectivity index (χ0) is 25.5. The Morgan fingerprint density at radius 3 is 2.64 bits per heavy atom. The van der Waals surface area contributed by atoms with E-state index in [-0.39, 0.29) is 19.0 Å². The number of carbonyl (C=O) groups excluding carboxylic acids is 1. The first-order chi connectivity index (χ1) is 17.5. The number of aryl methyl sites for hydroxylation is 1. The number of nitrogens with zero attached hydrogens (tertiary/aromatic N) is 1. The maximum Gasteiger partial charge on any atom is 0.266 e. The van der Waals surface area contributed by atoms with Gasteiger partial charge in [-0.3, -0.25) is 4.79 Å². The van der Waals surface area contributed by atoms with Crippen molar-refractivity contribution in [3.05, 3.63) is 95.1 Å². The van der Waals surface area contributed by atoms with Crippen LogP contribution in [0.1, 0.15) is 22.3 Å². The molecule has 7 heteroatoms. The lowest BCUT2D eigenvalue weighted by atomic mass is 10.0. The Kier molecular flexibility index (Phi) is 7.57. The maximum absolute atomic E-state index is 12.7. The van der Waals surface area contributed by atoms with Gasteiger partial charge in [-0.05, 0) is 66.9 Å². The Hall–Kier alpha value is -4.70. The van der Waals surface area contributed by atoms with Gasteiger partial charge in [-0.1, -0.05) is 29.8 Å². The number of fused-ring (bicyclic) bond motifs is 1. The average molecular weight is 483 g/mol. The van der Waals surface area contributed by atoms with Gasteiger partial charge in [-0.2, -0.15) is 5.26 Å². The minimum atomic E-state index is -0.492. The van der Waals surface area contributed by atoms with Crippen LogP contribution >= 0.6 is 0 Å². The summed E-state index contributed by atoms with van der Waals surface area (Å²) in [5.41, 5.74) is 4.02. The highest BCUT2D eigenvalue weighted by atomic mass is 16.7. The van der Waals surface area contributed by atoms with Crippen molar-refractivity contribution in [2.24, 2.45) is 0 Å². The first-order valence-electron chi connectivity index (χ1n) is 11.3. The number of nitriles is 1. The Labute approximate surface area is 210 Å². The summed E-state index contributed by atoms with van der Waals surface area (Å²) in [6.07, 6.45) is 3.79. The van der Waals surface area contributed by atoms with E-state index in [4.69, 9.17) is 18.9 Å². The topological polar surface area (TPSA) is 89.8 Å². The normalized spacial score (nSPS) is 12.0. The monoisotopic (exact) mass is 482 g/mol. The highest BCUT2D eigenvalue weighted by molar-refractivity contribution is 6.09. The van der Waals surface area contributed by atoms with Gasteiger partial charge in [-0.15, -0.1) is 6.58 Å². The number of hydrogen-bond donors (Lipinski definition) is 1. The van der Waals surface area contributed by atoms with Gasteiger partial charge in [0.1, 0.15) is 18.2 Å². The van der Waals surface area contributed by atoms with Crippen molar-refractivity contribution in [1.29, 1.82) is 5.26 Å². The number of ether oxygens (including phenoxy) is 4. The van der Waals surface area contributed by atoms with Crippen molar-refractivity contribution in [1.82, 2.24) is 0 Å². The molecule has 0 atom stereocenters. The largest absolute Gasteiger partial charge is 0.493 e. The summed E-state index contributed by atoms with van der Waals surface area (Å²) in [5.74, 6) is 1.95. The van der Waals surface area contributed by atoms with Gasteiger partial charge in [0, 0.05) is 11.3 Å². The molecule has 0 saturated carbocycles. The fraction of sp³-hybridized carbons (Fsp3) is 0.172. The van der Waals surface area contributed by atoms with Crippen LogP contribution in [-0.2, 0) is 17.8 Å². The summed E-state index contributed by atoms with van der Waals surface area (Å²) in [4.78, 5) is 12.7. The molecule has 3 aromatic carbocycles. The Morgan fingerprint density at radius 1 is 1.14 bits per heavy atom. The van der Waals surface area contributed by atoms with Crippen LogP contribution in [0.2, 0.25) is 0 Å². The molecule has 0 unspecified atom stereocenters. The molecule has 0 saturated heterocycles. The smallest absolute Gasteiger partial charge is 0.266 e. The molecule has 0 bridgehead atoms. The first-order valence-corrected chi connectivity index (χ1v) is 11.3. The molecule has 1 N–H and O–H groups in total. The third kappa shape index (κ3) is 5.68.